The molecule has 3 aromatic rings. The molecule has 0 unspecified atom stereocenters. The minimum atomic E-state index is -0.569. The van der Waals surface area contributed by atoms with Crippen LogP contribution in [0.3, 0.4) is 0 Å². The molecule has 1 fully saturated rings. The van der Waals surface area contributed by atoms with Crippen molar-refractivity contribution in [1.82, 2.24) is 10.3 Å². The highest BCUT2D eigenvalue weighted by Gasteiger charge is 2.32. The number of rotatable bonds is 7. The Kier molecular flexibility index (Phi) is 6.58. The molecule has 9 heteroatoms. The summed E-state index contributed by atoms with van der Waals surface area (Å²) in [6.07, 6.45) is 2.27. The third-order valence-electron chi connectivity index (χ3n) is 5.00. The first-order valence-corrected chi connectivity index (χ1v) is 10.3. The van der Waals surface area contributed by atoms with E-state index in [0.717, 1.165) is 5.56 Å². The highest BCUT2D eigenvalue weighted by Crippen LogP contribution is 2.29. The topological polar surface area (TPSA) is 95.9 Å². The van der Waals surface area contributed by atoms with E-state index < -0.39 is 18.0 Å². The summed E-state index contributed by atoms with van der Waals surface area (Å²) < 4.78 is 20.1. The van der Waals surface area contributed by atoms with Gasteiger partial charge in [0.1, 0.15) is 17.7 Å². The molecular weight excluding hydrogens is 425 g/mol. The van der Waals surface area contributed by atoms with Crippen LogP contribution in [-0.2, 0) is 9.53 Å². The molecule has 1 aliphatic rings. The summed E-state index contributed by atoms with van der Waals surface area (Å²) in [6.45, 7) is 1.84. The van der Waals surface area contributed by atoms with E-state index >= 15 is 0 Å². The molecule has 0 spiro atoms. The number of aromatic nitrogens is 1. The van der Waals surface area contributed by atoms with Crippen molar-refractivity contribution >= 4 is 29.7 Å². The molecule has 4 rings (SSSR count). The largest absolute Gasteiger partial charge is 0.442 e. The number of halogens is 1. The summed E-state index contributed by atoms with van der Waals surface area (Å²) in [5.74, 6) is -0.0265. The molecule has 2 heterocycles. The molecule has 0 bridgehead atoms. The van der Waals surface area contributed by atoms with Crippen LogP contribution in [0.1, 0.15) is 12.5 Å². The Morgan fingerprint density at radius 3 is 2.76 bits per heavy atom. The molecule has 2 amide bonds. The number of amides is 2. The average molecular weight is 447 g/mol. The fraction of sp³-hybridized carbons (Fsp3) is 0.167. The van der Waals surface area contributed by atoms with Crippen molar-refractivity contribution in [2.45, 2.75) is 13.0 Å². The Morgan fingerprint density at radius 2 is 2.06 bits per heavy atom. The van der Waals surface area contributed by atoms with Crippen LogP contribution >= 0.6 is 0 Å². The summed E-state index contributed by atoms with van der Waals surface area (Å²) in [4.78, 5) is 28.7. The normalized spacial score (nSPS) is 15.5. The zero-order valence-corrected chi connectivity index (χ0v) is 17.9. The number of pyridine rings is 1. The van der Waals surface area contributed by atoms with Gasteiger partial charge in [-0.1, -0.05) is 30.3 Å². The predicted molar refractivity (Wildman–Crippen MR) is 124 cm³/mol. The zero-order valence-electron chi connectivity index (χ0n) is 17.9. The molecule has 0 saturated carbocycles. The second kappa shape index (κ2) is 9.90. The number of nitrogens with zero attached hydrogens (tertiary/aromatic N) is 3. The molecule has 2 aromatic carbocycles. The van der Waals surface area contributed by atoms with Gasteiger partial charge in [-0.05, 0) is 41.5 Å². The van der Waals surface area contributed by atoms with Gasteiger partial charge in [0.25, 0.3) is 0 Å². The van der Waals surface area contributed by atoms with E-state index in [0.29, 0.717) is 22.6 Å². The second-order valence-corrected chi connectivity index (χ2v) is 7.42. The summed E-state index contributed by atoms with van der Waals surface area (Å²) in [6, 6.07) is 17.4. The summed E-state index contributed by atoms with van der Waals surface area (Å²) in [7, 11) is 0. The number of hydrazone groups is 1. The van der Waals surface area contributed by atoms with Crippen LogP contribution in [0.5, 0.6) is 0 Å². The number of carbonyl (C=O) groups excluding carboxylic acids is 2. The van der Waals surface area contributed by atoms with Crippen LogP contribution in [0.15, 0.2) is 72.0 Å². The van der Waals surface area contributed by atoms with Crippen molar-refractivity contribution in [2.75, 3.05) is 23.4 Å². The van der Waals surface area contributed by atoms with Crippen molar-refractivity contribution < 1.29 is 18.7 Å². The third kappa shape index (κ3) is 5.51. The van der Waals surface area contributed by atoms with Crippen LogP contribution in [-0.4, -0.2) is 42.4 Å². The second-order valence-electron chi connectivity index (χ2n) is 7.42. The molecule has 0 aliphatic carbocycles. The minimum absolute atomic E-state index is 0.207. The van der Waals surface area contributed by atoms with Crippen LogP contribution in [0.2, 0.25) is 0 Å². The molecule has 8 nitrogen and oxygen atoms in total. The number of carbonyl (C=O) groups is 2. The van der Waals surface area contributed by atoms with Gasteiger partial charge < -0.3 is 10.1 Å². The van der Waals surface area contributed by atoms with E-state index in [9.17, 15) is 14.0 Å². The smallest absolute Gasteiger partial charge is 0.414 e. The number of ether oxygens (including phenoxy) is 1. The molecule has 1 saturated heterocycles. The first-order valence-electron chi connectivity index (χ1n) is 10.3. The fourth-order valence-corrected chi connectivity index (χ4v) is 3.35. The first-order chi connectivity index (χ1) is 16.0. The molecule has 0 radical (unpaired) electrons. The minimum Gasteiger partial charge on any atom is -0.442 e. The standard InChI is InChI=1S/C24H22FN5O3/c1-16(31)27-14-20-15-30(24(32)33-20)19-9-10-21(22(25)12-19)18-7-5-17(6-8-18)13-28-29-23-4-2-3-11-26-23/h2-13,20H,14-15H2,1H3,(H,26,29)(H,27,31)/t20-/m0/s1. The van der Waals surface area contributed by atoms with Gasteiger partial charge in [0, 0.05) is 18.7 Å². The van der Waals surface area contributed by atoms with Gasteiger partial charge in [0.05, 0.1) is 25.0 Å². The number of cyclic esters (lactones) is 1. The fourth-order valence-electron chi connectivity index (χ4n) is 3.35. The van der Waals surface area contributed by atoms with E-state index in [4.69, 9.17) is 4.74 Å². The van der Waals surface area contributed by atoms with Gasteiger partial charge in [-0.25, -0.2) is 14.2 Å². The lowest BCUT2D eigenvalue weighted by molar-refractivity contribution is -0.119. The van der Waals surface area contributed by atoms with E-state index in [-0.39, 0.29) is 19.0 Å². The maximum Gasteiger partial charge on any atom is 0.414 e. The number of nitrogens with one attached hydrogen (secondary N) is 2. The van der Waals surface area contributed by atoms with Crippen LogP contribution in [0.4, 0.5) is 20.7 Å². The van der Waals surface area contributed by atoms with Gasteiger partial charge in [-0.2, -0.15) is 5.10 Å². The number of hydrogen-bond donors (Lipinski definition) is 2. The van der Waals surface area contributed by atoms with Crippen LogP contribution in [0, 0.1) is 5.82 Å². The molecule has 168 valence electrons. The van der Waals surface area contributed by atoms with E-state index in [1.807, 2.05) is 24.3 Å². The quantitative estimate of drug-likeness (QED) is 0.424. The van der Waals surface area contributed by atoms with E-state index in [1.54, 1.807) is 42.7 Å². The maximum atomic E-state index is 14.9. The van der Waals surface area contributed by atoms with Crippen molar-refractivity contribution in [1.29, 1.82) is 0 Å². The number of hydrogen-bond acceptors (Lipinski definition) is 6. The Balaban J connectivity index is 1.41. The van der Waals surface area contributed by atoms with Crippen molar-refractivity contribution in [3.63, 3.8) is 0 Å². The Labute approximate surface area is 190 Å². The van der Waals surface area contributed by atoms with E-state index in [1.165, 1.54) is 17.9 Å². The summed E-state index contributed by atoms with van der Waals surface area (Å²) >= 11 is 0. The maximum absolute atomic E-state index is 14.9. The lowest BCUT2D eigenvalue weighted by atomic mass is 10.0. The zero-order chi connectivity index (χ0) is 23.2. The summed E-state index contributed by atoms with van der Waals surface area (Å²) in [5, 5.41) is 6.75. The molecule has 1 atom stereocenters. The highest BCUT2D eigenvalue weighted by atomic mass is 19.1. The lowest BCUT2D eigenvalue weighted by Gasteiger charge is -2.14. The summed E-state index contributed by atoms with van der Waals surface area (Å²) in [5.41, 5.74) is 5.18. The van der Waals surface area contributed by atoms with Gasteiger partial charge >= 0.3 is 6.09 Å². The molecule has 1 aromatic heterocycles. The Hall–Kier alpha value is -4.27. The van der Waals surface area contributed by atoms with Crippen LogP contribution in [0.25, 0.3) is 11.1 Å². The highest BCUT2D eigenvalue weighted by molar-refractivity contribution is 5.90. The average Bonchev–Trinajstić information content (AvgIpc) is 3.19. The van der Waals surface area contributed by atoms with Crippen molar-refractivity contribution in [3.8, 4) is 11.1 Å². The first kappa shape index (κ1) is 21.9. The molecule has 2 N–H and O–H groups in total. The van der Waals surface area contributed by atoms with Crippen molar-refractivity contribution in [3.05, 3.63) is 78.2 Å². The molecule has 33 heavy (non-hydrogen) atoms. The predicted octanol–water partition coefficient (Wildman–Crippen LogP) is 3.80. The van der Waals surface area contributed by atoms with Gasteiger partial charge in [0.2, 0.25) is 5.91 Å². The molecular formula is C24H22FN5O3. The third-order valence-corrected chi connectivity index (χ3v) is 5.00. The monoisotopic (exact) mass is 447 g/mol. The van der Waals surface area contributed by atoms with Gasteiger partial charge in [0.15, 0.2) is 0 Å². The van der Waals surface area contributed by atoms with Crippen LogP contribution < -0.4 is 15.6 Å². The number of benzene rings is 2. The van der Waals surface area contributed by atoms with Crippen molar-refractivity contribution in [2.24, 2.45) is 5.10 Å². The van der Waals surface area contributed by atoms with Gasteiger partial charge in [-0.3, -0.25) is 15.1 Å². The lowest BCUT2D eigenvalue weighted by Crippen LogP contribution is -2.33. The van der Waals surface area contributed by atoms with Gasteiger partial charge in [-0.15, -0.1) is 0 Å². The number of anilines is 2. The molecule has 1 aliphatic heterocycles. The Bertz CT molecular complexity index is 1170. The SMILES string of the molecule is CC(=O)NC[C@H]1CN(c2ccc(-c3ccc(C=NNc4ccccn4)cc3)c(F)c2)C(=O)O1. The van der Waals surface area contributed by atoms with E-state index in [2.05, 4.69) is 20.8 Å². The Morgan fingerprint density at radius 1 is 1.24 bits per heavy atom.